The number of halogens is 1. The van der Waals surface area contributed by atoms with Crippen molar-refractivity contribution in [1.82, 2.24) is 0 Å². The number of hydrogen-bond acceptors (Lipinski definition) is 2. The van der Waals surface area contributed by atoms with Crippen LogP contribution in [0.15, 0.2) is 0 Å². The molecule has 0 aromatic rings. The van der Waals surface area contributed by atoms with E-state index in [0.29, 0.717) is 13.2 Å². The summed E-state index contributed by atoms with van der Waals surface area (Å²) in [5, 5.41) is 0. The topological polar surface area (TPSA) is 18.5 Å². The molecule has 0 saturated heterocycles. The van der Waals surface area contributed by atoms with Gasteiger partial charge in [-0.05, 0) is 13.8 Å². The Bertz CT molecular complexity index is 97.1. The summed E-state index contributed by atoms with van der Waals surface area (Å²) in [5.41, 5.74) is 0. The molecule has 0 aliphatic carbocycles. The number of hydrogen-bond donors (Lipinski definition) is 0. The first-order valence-corrected chi connectivity index (χ1v) is 10.2. The van der Waals surface area contributed by atoms with Crippen molar-refractivity contribution >= 4 is 13.6 Å². The van der Waals surface area contributed by atoms with Gasteiger partial charge in [0.15, 0.2) is 6.29 Å². The molecule has 0 rings (SSSR count). The van der Waals surface area contributed by atoms with Crippen LogP contribution in [0.2, 0.25) is 0 Å². The van der Waals surface area contributed by atoms with Crippen LogP contribution in [-0.2, 0) is 25.8 Å². The summed E-state index contributed by atoms with van der Waals surface area (Å²) in [6.45, 7) is 4.81. The molecule has 0 radical (unpaired) electrons. The summed E-state index contributed by atoms with van der Waals surface area (Å²) < 4.78 is 9.82. The van der Waals surface area contributed by atoms with Crippen molar-refractivity contribution in [2.75, 3.05) is 13.2 Å². The molecule has 0 aliphatic heterocycles. The van der Waals surface area contributed by atoms with Gasteiger partial charge in [-0.15, -0.1) is 0 Å². The summed E-state index contributed by atoms with van der Waals surface area (Å²) in [7, 11) is 0. The maximum absolute atomic E-state index is 6.67. The molecule has 60 valence electrons. The number of rotatable bonds is 4. The molecule has 0 aromatic carbocycles. The summed E-state index contributed by atoms with van der Waals surface area (Å²) in [5.74, 6) is 2.11. The third-order valence-electron chi connectivity index (χ3n) is 0.754. The first kappa shape index (κ1) is 14.1. The van der Waals surface area contributed by atoms with Crippen molar-refractivity contribution < 1.29 is 25.8 Å². The van der Waals surface area contributed by atoms with Crippen LogP contribution in [0.25, 0.3) is 0 Å². The first-order valence-electron chi connectivity index (χ1n) is 3.27. The minimum absolute atomic E-state index is 0.552. The van der Waals surface area contributed by atoms with Crippen LogP contribution in [-0.4, -0.2) is 19.5 Å². The molecule has 0 atom stereocenters. The third-order valence-corrected chi connectivity index (χ3v) is 0.754. The van der Waals surface area contributed by atoms with Gasteiger partial charge >= 0.3 is 30.0 Å². The van der Waals surface area contributed by atoms with Gasteiger partial charge in [-0.3, -0.25) is 5.92 Å². The predicted molar refractivity (Wildman–Crippen MR) is 43.1 cm³/mol. The molecule has 0 bridgehead atoms. The van der Waals surface area contributed by atoms with E-state index in [1.54, 1.807) is 0 Å². The van der Waals surface area contributed by atoms with Crippen molar-refractivity contribution in [3.63, 3.8) is 0 Å². The zero-order valence-electron chi connectivity index (χ0n) is 6.89. The molecule has 0 heterocycles. The van der Waals surface area contributed by atoms with Crippen LogP contribution in [0.4, 0.5) is 0 Å². The van der Waals surface area contributed by atoms with E-state index in [2.05, 4.69) is 19.5 Å². The van der Waals surface area contributed by atoms with E-state index in [-0.39, 0.29) is 0 Å². The van der Waals surface area contributed by atoms with Gasteiger partial charge in [0.2, 0.25) is 0 Å². The second-order valence-corrected chi connectivity index (χ2v) is 1.39. The third kappa shape index (κ3) is 10.6. The summed E-state index contributed by atoms with van der Waals surface area (Å²) in [6, 6.07) is 0. The van der Waals surface area contributed by atoms with Gasteiger partial charge in [-0.1, -0.05) is 0 Å². The Kier molecular flexibility index (Phi) is 16.9. The summed E-state index contributed by atoms with van der Waals surface area (Å²) in [4.78, 5) is 0. The van der Waals surface area contributed by atoms with Crippen LogP contribution in [0.5, 0.6) is 0 Å². The van der Waals surface area contributed by atoms with Gasteiger partial charge in [-0.25, -0.2) is 0 Å². The van der Waals surface area contributed by atoms with Gasteiger partial charge in [0.05, 0.1) is 0 Å². The van der Waals surface area contributed by atoms with Gasteiger partial charge in [0.1, 0.15) is 0 Å². The molecule has 0 spiro atoms. The Morgan fingerprint density at radius 1 is 1.36 bits per heavy atom. The minimum atomic E-state index is -0.569. The quantitative estimate of drug-likeness (QED) is 0.336. The van der Waals surface area contributed by atoms with Crippen LogP contribution >= 0.6 is 13.6 Å². The van der Waals surface area contributed by atoms with E-state index in [0.717, 1.165) is 0 Å². The van der Waals surface area contributed by atoms with Crippen molar-refractivity contribution in [2.24, 2.45) is 0 Å². The normalized spacial score (nSPS) is 8.45. The molecule has 11 heavy (non-hydrogen) atoms. The molecular formula is C7H11BrO2Zn. The maximum atomic E-state index is 6.67. The fourth-order valence-electron chi connectivity index (χ4n) is 0.434. The van der Waals surface area contributed by atoms with Crippen LogP contribution < -0.4 is 0 Å². The Balaban J connectivity index is 0. The van der Waals surface area contributed by atoms with Gasteiger partial charge < -0.3 is 15.9 Å². The average molecular weight is 272 g/mol. The molecule has 0 aliphatic rings. The van der Waals surface area contributed by atoms with Gasteiger partial charge in [0, 0.05) is 13.2 Å². The molecule has 0 N–H and O–H groups in total. The molecule has 2 nitrogen and oxygen atoms in total. The van der Waals surface area contributed by atoms with Gasteiger partial charge in [0.25, 0.3) is 0 Å². The standard InChI is InChI=1S/C7H11O2.BrH.Zn/c1-4-7(8-5-2)9-6-3;;/h7H,5-6H2,2-3H3;1H;/q-1;;+2/p-1. The van der Waals surface area contributed by atoms with Gasteiger partial charge in [-0.2, -0.15) is 0 Å². The second-order valence-electron chi connectivity index (χ2n) is 1.39. The van der Waals surface area contributed by atoms with E-state index in [1.165, 1.54) is 16.3 Å². The predicted octanol–water partition coefficient (Wildman–Crippen LogP) is 1.82. The van der Waals surface area contributed by atoms with Crippen molar-refractivity contribution in [3.8, 4) is 5.92 Å². The molecular weight excluding hydrogens is 261 g/mol. The molecule has 0 amide bonds. The van der Waals surface area contributed by atoms with Crippen LogP contribution in [0, 0.1) is 12.3 Å². The Hall–Kier alpha value is 0.583. The van der Waals surface area contributed by atoms with E-state index in [4.69, 9.17) is 15.9 Å². The Morgan fingerprint density at radius 3 is 1.91 bits per heavy atom. The zero-order valence-corrected chi connectivity index (χ0v) is 11.4. The SMILES string of the molecule is [C-]#CC(OCC)OCC.[Zn+][Br]. The molecule has 0 fully saturated rings. The summed E-state index contributed by atoms with van der Waals surface area (Å²) >= 11 is 4.25. The van der Waals surface area contributed by atoms with Crippen LogP contribution in [0.3, 0.4) is 0 Å². The first-order chi connectivity index (χ1) is 5.35. The number of ether oxygens (including phenoxy) is 2. The Labute approximate surface area is 85.1 Å². The molecule has 0 unspecified atom stereocenters. The summed E-state index contributed by atoms with van der Waals surface area (Å²) in [6.07, 6.45) is 6.10. The van der Waals surface area contributed by atoms with Crippen molar-refractivity contribution in [2.45, 2.75) is 20.1 Å². The van der Waals surface area contributed by atoms with Crippen LogP contribution in [0.1, 0.15) is 13.8 Å². The Morgan fingerprint density at radius 2 is 1.73 bits per heavy atom. The fraction of sp³-hybridized carbons (Fsp3) is 0.714. The average Bonchev–Trinajstić information content (AvgIpc) is 2.08. The second kappa shape index (κ2) is 13.2. The molecule has 4 heteroatoms. The van der Waals surface area contributed by atoms with E-state index < -0.39 is 6.29 Å². The van der Waals surface area contributed by atoms with E-state index >= 15 is 0 Å². The zero-order chi connectivity index (χ0) is 9.11. The monoisotopic (exact) mass is 270 g/mol. The molecule has 0 saturated carbocycles. The van der Waals surface area contributed by atoms with E-state index in [9.17, 15) is 0 Å². The fourth-order valence-corrected chi connectivity index (χ4v) is 0.434. The van der Waals surface area contributed by atoms with Crippen molar-refractivity contribution in [3.05, 3.63) is 6.42 Å². The molecule has 0 aromatic heterocycles. The van der Waals surface area contributed by atoms with Crippen molar-refractivity contribution in [1.29, 1.82) is 0 Å². The van der Waals surface area contributed by atoms with E-state index in [1.807, 2.05) is 13.8 Å².